The summed E-state index contributed by atoms with van der Waals surface area (Å²) in [5.41, 5.74) is 0. The summed E-state index contributed by atoms with van der Waals surface area (Å²) in [5.74, 6) is -1.83. The van der Waals surface area contributed by atoms with Gasteiger partial charge in [0.15, 0.2) is 6.61 Å². The molecule has 2 rings (SSSR count). The molecule has 0 aliphatic rings. The minimum Gasteiger partial charge on any atom is -0.469 e. The van der Waals surface area contributed by atoms with Crippen LogP contribution in [0.25, 0.3) is 10.1 Å². The van der Waals surface area contributed by atoms with E-state index in [1.54, 1.807) is 6.07 Å². The molecule has 1 aromatic carbocycles. The first-order valence-corrected chi connectivity index (χ1v) is 8.01. The lowest BCUT2D eigenvalue weighted by Crippen LogP contribution is -2.29. The molecule has 0 saturated heterocycles. The maximum absolute atomic E-state index is 13.1. The fourth-order valence-corrected chi connectivity index (χ4v) is 2.87. The number of methoxy groups -OCH3 is 1. The van der Waals surface area contributed by atoms with E-state index in [4.69, 9.17) is 4.74 Å². The van der Waals surface area contributed by atoms with Crippen molar-refractivity contribution >= 4 is 39.3 Å². The Morgan fingerprint density at radius 3 is 2.79 bits per heavy atom. The van der Waals surface area contributed by atoms with E-state index in [1.165, 1.54) is 36.6 Å². The molecular weight excluding hydrogens is 337 g/mol. The number of halogens is 1. The second-order valence-corrected chi connectivity index (χ2v) is 5.98. The number of thiophene rings is 1. The third kappa shape index (κ3) is 5.02. The van der Waals surface area contributed by atoms with Gasteiger partial charge in [0.05, 0.1) is 7.11 Å². The van der Waals surface area contributed by atoms with Gasteiger partial charge in [0.1, 0.15) is 10.7 Å². The van der Waals surface area contributed by atoms with Crippen molar-refractivity contribution in [1.29, 1.82) is 0 Å². The van der Waals surface area contributed by atoms with E-state index in [0.29, 0.717) is 16.7 Å². The van der Waals surface area contributed by atoms with Gasteiger partial charge < -0.3 is 14.8 Å². The molecule has 8 heteroatoms. The van der Waals surface area contributed by atoms with E-state index >= 15 is 0 Å². The highest BCUT2D eigenvalue weighted by Crippen LogP contribution is 2.26. The number of fused-ring (bicyclic) bond motifs is 1. The zero-order valence-electron chi connectivity index (χ0n) is 13.0. The molecule has 6 nitrogen and oxygen atoms in total. The van der Waals surface area contributed by atoms with Gasteiger partial charge in [-0.25, -0.2) is 9.18 Å². The highest BCUT2D eigenvalue weighted by molar-refractivity contribution is 7.20. The SMILES string of the molecule is COC(=O)CCCNC(=O)COC(=O)c1cc2cc(F)ccc2s1. The largest absolute Gasteiger partial charge is 0.469 e. The molecule has 0 fully saturated rings. The number of carbonyl (C=O) groups is 3. The standard InChI is InChI=1S/C16H16FNO5S/c1-22-15(20)3-2-6-18-14(19)9-23-16(21)13-8-10-7-11(17)4-5-12(10)24-13/h4-5,7-8H,2-3,6,9H2,1H3,(H,18,19). The third-order valence-electron chi connectivity index (χ3n) is 3.12. The molecule has 0 aliphatic heterocycles. The fraction of sp³-hybridized carbons (Fsp3) is 0.312. The lowest BCUT2D eigenvalue weighted by Gasteiger charge is -2.05. The molecule has 128 valence electrons. The van der Waals surface area contributed by atoms with Crippen LogP contribution in [0.2, 0.25) is 0 Å². The number of hydrogen-bond acceptors (Lipinski definition) is 6. The first-order chi connectivity index (χ1) is 11.5. The Kier molecular flexibility index (Phi) is 6.25. The average molecular weight is 353 g/mol. The monoisotopic (exact) mass is 353 g/mol. The summed E-state index contributed by atoms with van der Waals surface area (Å²) in [6.07, 6.45) is 0.642. The van der Waals surface area contributed by atoms with Crippen molar-refractivity contribution in [3.05, 3.63) is 35.0 Å². The van der Waals surface area contributed by atoms with Crippen molar-refractivity contribution in [2.45, 2.75) is 12.8 Å². The first-order valence-electron chi connectivity index (χ1n) is 7.19. The van der Waals surface area contributed by atoms with Crippen LogP contribution < -0.4 is 5.32 Å². The number of nitrogens with one attached hydrogen (secondary N) is 1. The lowest BCUT2D eigenvalue weighted by atomic mass is 10.2. The van der Waals surface area contributed by atoms with Gasteiger partial charge in [-0.15, -0.1) is 11.3 Å². The first kappa shape index (κ1) is 17.9. The maximum atomic E-state index is 13.1. The van der Waals surface area contributed by atoms with Crippen LogP contribution in [-0.2, 0) is 19.1 Å². The predicted molar refractivity (Wildman–Crippen MR) is 86.3 cm³/mol. The van der Waals surface area contributed by atoms with Gasteiger partial charge in [0, 0.05) is 17.7 Å². The Balaban J connectivity index is 1.77. The molecule has 0 atom stereocenters. The molecule has 24 heavy (non-hydrogen) atoms. The minimum atomic E-state index is -0.638. The summed E-state index contributed by atoms with van der Waals surface area (Å²) >= 11 is 1.17. The van der Waals surface area contributed by atoms with E-state index < -0.39 is 18.5 Å². The Morgan fingerprint density at radius 1 is 1.25 bits per heavy atom. The molecule has 1 aromatic heterocycles. The second kappa shape index (κ2) is 8.39. The fourth-order valence-electron chi connectivity index (χ4n) is 1.93. The van der Waals surface area contributed by atoms with E-state index in [1.807, 2.05) is 0 Å². The van der Waals surface area contributed by atoms with Crippen molar-refractivity contribution in [3.63, 3.8) is 0 Å². The molecule has 0 unspecified atom stereocenters. The van der Waals surface area contributed by atoms with E-state index in [-0.39, 0.29) is 24.8 Å². The molecule has 0 aliphatic carbocycles. The smallest absolute Gasteiger partial charge is 0.348 e. The van der Waals surface area contributed by atoms with Crippen LogP contribution in [0.4, 0.5) is 4.39 Å². The number of benzene rings is 1. The summed E-state index contributed by atoms with van der Waals surface area (Å²) in [6, 6.07) is 5.76. The lowest BCUT2D eigenvalue weighted by molar-refractivity contribution is -0.140. The van der Waals surface area contributed by atoms with Crippen molar-refractivity contribution in [2.24, 2.45) is 0 Å². The minimum absolute atomic E-state index is 0.203. The van der Waals surface area contributed by atoms with E-state index in [0.717, 1.165) is 4.70 Å². The molecule has 1 amide bonds. The average Bonchev–Trinajstić information content (AvgIpc) is 2.99. The van der Waals surface area contributed by atoms with Crippen LogP contribution >= 0.6 is 11.3 Å². The Hall–Kier alpha value is -2.48. The number of rotatable bonds is 7. The van der Waals surface area contributed by atoms with Crippen LogP contribution in [0.5, 0.6) is 0 Å². The number of amides is 1. The summed E-state index contributed by atoms with van der Waals surface area (Å²) < 4.78 is 23.3. The number of ether oxygens (including phenoxy) is 2. The van der Waals surface area contributed by atoms with E-state index in [2.05, 4.69) is 10.1 Å². The van der Waals surface area contributed by atoms with Gasteiger partial charge in [-0.3, -0.25) is 9.59 Å². The van der Waals surface area contributed by atoms with Gasteiger partial charge >= 0.3 is 11.9 Å². The summed E-state index contributed by atoms with van der Waals surface area (Å²) in [5, 5.41) is 3.14. The summed E-state index contributed by atoms with van der Waals surface area (Å²) in [4.78, 5) is 34.7. The molecular formula is C16H16FNO5S. The highest BCUT2D eigenvalue weighted by Gasteiger charge is 2.14. The molecule has 1 N–H and O–H groups in total. The van der Waals surface area contributed by atoms with Crippen LogP contribution in [0.15, 0.2) is 24.3 Å². The molecule has 1 heterocycles. The van der Waals surface area contributed by atoms with Crippen molar-refractivity contribution < 1.29 is 28.2 Å². The van der Waals surface area contributed by atoms with Crippen LogP contribution in [0.1, 0.15) is 22.5 Å². The molecule has 0 bridgehead atoms. The normalized spacial score (nSPS) is 10.4. The molecule has 0 saturated carbocycles. The number of esters is 2. The van der Waals surface area contributed by atoms with Gasteiger partial charge in [0.2, 0.25) is 0 Å². The van der Waals surface area contributed by atoms with Crippen LogP contribution in [0.3, 0.4) is 0 Å². The van der Waals surface area contributed by atoms with Gasteiger partial charge in [-0.2, -0.15) is 0 Å². The van der Waals surface area contributed by atoms with Gasteiger partial charge in [-0.05, 0) is 36.1 Å². The van der Waals surface area contributed by atoms with Crippen molar-refractivity contribution in [1.82, 2.24) is 5.32 Å². The Morgan fingerprint density at radius 2 is 2.04 bits per heavy atom. The van der Waals surface area contributed by atoms with Crippen molar-refractivity contribution in [2.75, 3.05) is 20.3 Å². The second-order valence-electron chi connectivity index (χ2n) is 4.90. The van der Waals surface area contributed by atoms with Crippen molar-refractivity contribution in [3.8, 4) is 0 Å². The predicted octanol–water partition coefficient (Wildman–Crippen LogP) is 2.27. The van der Waals surface area contributed by atoms with Gasteiger partial charge in [0.25, 0.3) is 5.91 Å². The summed E-state index contributed by atoms with van der Waals surface area (Å²) in [6.45, 7) is -0.132. The zero-order valence-corrected chi connectivity index (χ0v) is 13.8. The third-order valence-corrected chi connectivity index (χ3v) is 4.22. The Labute approximate surface area is 141 Å². The van der Waals surface area contributed by atoms with Gasteiger partial charge in [-0.1, -0.05) is 0 Å². The Bertz CT molecular complexity index is 758. The topological polar surface area (TPSA) is 81.7 Å². The number of hydrogen-bond donors (Lipinski definition) is 1. The highest BCUT2D eigenvalue weighted by atomic mass is 32.1. The maximum Gasteiger partial charge on any atom is 0.348 e. The zero-order chi connectivity index (χ0) is 17.5. The quantitative estimate of drug-likeness (QED) is 0.610. The van der Waals surface area contributed by atoms with Crippen LogP contribution in [-0.4, -0.2) is 38.1 Å². The molecule has 2 aromatic rings. The van der Waals surface area contributed by atoms with Crippen LogP contribution in [0, 0.1) is 5.82 Å². The number of carbonyl (C=O) groups excluding carboxylic acids is 3. The molecule has 0 spiro atoms. The van der Waals surface area contributed by atoms with E-state index in [9.17, 15) is 18.8 Å². The summed E-state index contributed by atoms with van der Waals surface area (Å²) in [7, 11) is 1.29. The molecule has 0 radical (unpaired) electrons.